The number of benzene rings is 1. The van der Waals surface area contributed by atoms with Crippen LogP contribution in [0.4, 0.5) is 11.4 Å². The van der Waals surface area contributed by atoms with Crippen molar-refractivity contribution in [3.63, 3.8) is 0 Å². The Hall–Kier alpha value is -2.08. The molecule has 6 nitrogen and oxygen atoms in total. The number of carbonyl (C=O) groups is 2. The Morgan fingerprint density at radius 3 is 2.56 bits per heavy atom. The Morgan fingerprint density at radius 2 is 1.81 bits per heavy atom. The van der Waals surface area contributed by atoms with E-state index >= 15 is 0 Å². The third-order valence-electron chi connectivity index (χ3n) is 5.59. The molecular formula is C21H31N3O3. The van der Waals surface area contributed by atoms with Crippen molar-refractivity contribution < 1.29 is 14.7 Å². The second-order valence-corrected chi connectivity index (χ2v) is 7.80. The number of anilines is 2. The molecule has 3 rings (SSSR count). The van der Waals surface area contributed by atoms with Gasteiger partial charge in [-0.25, -0.2) is 0 Å². The van der Waals surface area contributed by atoms with Crippen molar-refractivity contribution in [1.29, 1.82) is 0 Å². The smallest absolute Gasteiger partial charge is 0.313 e. The highest BCUT2D eigenvalue weighted by molar-refractivity contribution is 6.39. The van der Waals surface area contributed by atoms with E-state index in [0.717, 1.165) is 38.0 Å². The summed E-state index contributed by atoms with van der Waals surface area (Å²) in [6, 6.07) is 7.71. The number of aliphatic hydroxyl groups is 1. The molecule has 6 heteroatoms. The molecule has 0 radical (unpaired) electrons. The summed E-state index contributed by atoms with van der Waals surface area (Å²) >= 11 is 0. The minimum absolute atomic E-state index is 0.247. The van der Waals surface area contributed by atoms with Gasteiger partial charge in [0.2, 0.25) is 0 Å². The molecule has 2 aliphatic rings. The fraction of sp³-hybridized carbons (Fsp3) is 0.619. The minimum atomic E-state index is -0.639. The Kier molecular flexibility index (Phi) is 7.10. The first-order valence-corrected chi connectivity index (χ1v) is 10.2. The summed E-state index contributed by atoms with van der Waals surface area (Å²) < 4.78 is 0. The van der Waals surface area contributed by atoms with Crippen molar-refractivity contribution in [3.8, 4) is 0 Å². The molecular weight excluding hydrogens is 342 g/mol. The van der Waals surface area contributed by atoms with Crippen molar-refractivity contribution in [1.82, 2.24) is 5.32 Å². The molecule has 1 aromatic rings. The number of hydrogen-bond donors (Lipinski definition) is 3. The first-order valence-electron chi connectivity index (χ1n) is 10.2. The molecule has 3 N–H and O–H groups in total. The summed E-state index contributed by atoms with van der Waals surface area (Å²) in [6.45, 7) is 2.51. The van der Waals surface area contributed by atoms with E-state index in [4.69, 9.17) is 0 Å². The Balaban J connectivity index is 1.50. The lowest BCUT2D eigenvalue weighted by atomic mass is 9.87. The Labute approximate surface area is 161 Å². The molecule has 2 fully saturated rings. The highest BCUT2D eigenvalue weighted by atomic mass is 16.3. The number of nitrogens with one attached hydrogen (secondary N) is 2. The zero-order chi connectivity index (χ0) is 19.1. The van der Waals surface area contributed by atoms with Crippen molar-refractivity contribution in [2.45, 2.75) is 57.5 Å². The van der Waals surface area contributed by atoms with Gasteiger partial charge in [-0.2, -0.15) is 0 Å². The monoisotopic (exact) mass is 373 g/mol. The fourth-order valence-electron chi connectivity index (χ4n) is 4.06. The summed E-state index contributed by atoms with van der Waals surface area (Å²) in [7, 11) is 0. The third-order valence-corrected chi connectivity index (χ3v) is 5.59. The molecule has 0 aromatic heterocycles. The van der Waals surface area contributed by atoms with E-state index in [9.17, 15) is 14.7 Å². The summed E-state index contributed by atoms with van der Waals surface area (Å²) in [5.41, 5.74) is 1.73. The molecule has 27 heavy (non-hydrogen) atoms. The zero-order valence-electron chi connectivity index (χ0n) is 16.0. The lowest BCUT2D eigenvalue weighted by molar-refractivity contribution is -0.136. The molecule has 1 aliphatic carbocycles. The van der Waals surface area contributed by atoms with E-state index in [1.54, 1.807) is 0 Å². The van der Waals surface area contributed by atoms with Crippen LogP contribution in [-0.4, -0.2) is 42.7 Å². The van der Waals surface area contributed by atoms with Crippen LogP contribution in [-0.2, 0) is 9.59 Å². The van der Waals surface area contributed by atoms with Crippen LogP contribution in [0.1, 0.15) is 51.4 Å². The standard InChI is InChI=1S/C21H31N3O3/c25-19-10-5-7-16(13-19)15-22-20(26)21(27)23-17-8-6-9-18(14-17)24-11-3-1-2-4-12-24/h6,8-9,14,16,19,25H,1-5,7,10-13,15H2,(H,22,26)(H,23,27)/t16-,19+/m0/s1. The van der Waals surface area contributed by atoms with Gasteiger partial charge in [0.1, 0.15) is 0 Å². The Bertz CT molecular complexity index is 641. The molecule has 2 atom stereocenters. The summed E-state index contributed by atoms with van der Waals surface area (Å²) in [5, 5.41) is 15.1. The molecule has 1 aromatic carbocycles. The number of amides is 2. The van der Waals surface area contributed by atoms with Crippen LogP contribution in [0.25, 0.3) is 0 Å². The van der Waals surface area contributed by atoms with Gasteiger partial charge in [0, 0.05) is 31.0 Å². The van der Waals surface area contributed by atoms with Crippen molar-refractivity contribution >= 4 is 23.2 Å². The lowest BCUT2D eigenvalue weighted by Crippen LogP contribution is -2.39. The second-order valence-electron chi connectivity index (χ2n) is 7.80. The van der Waals surface area contributed by atoms with Gasteiger partial charge in [0.05, 0.1) is 6.10 Å². The highest BCUT2D eigenvalue weighted by Crippen LogP contribution is 2.24. The van der Waals surface area contributed by atoms with Gasteiger partial charge in [0.25, 0.3) is 0 Å². The van der Waals surface area contributed by atoms with Crippen LogP contribution in [0.3, 0.4) is 0 Å². The SMILES string of the molecule is O=C(NC[C@H]1CCC[C@@H](O)C1)C(=O)Nc1cccc(N2CCCCCC2)c1. The molecule has 0 bridgehead atoms. The normalized spacial score (nSPS) is 23.4. The van der Waals surface area contributed by atoms with E-state index in [1.165, 1.54) is 25.7 Å². The van der Waals surface area contributed by atoms with Crippen molar-refractivity contribution in [2.75, 3.05) is 29.9 Å². The Morgan fingerprint density at radius 1 is 1.04 bits per heavy atom. The first kappa shape index (κ1) is 19.7. The van der Waals surface area contributed by atoms with Gasteiger partial charge in [-0.1, -0.05) is 25.3 Å². The number of aliphatic hydroxyl groups excluding tert-OH is 1. The maximum absolute atomic E-state index is 12.2. The van der Waals surface area contributed by atoms with Crippen LogP contribution >= 0.6 is 0 Å². The lowest BCUT2D eigenvalue weighted by Gasteiger charge is -2.25. The van der Waals surface area contributed by atoms with E-state index < -0.39 is 11.8 Å². The van der Waals surface area contributed by atoms with Gasteiger partial charge >= 0.3 is 11.8 Å². The van der Waals surface area contributed by atoms with E-state index in [0.29, 0.717) is 18.7 Å². The second kappa shape index (κ2) is 9.74. The summed E-state index contributed by atoms with van der Waals surface area (Å²) in [5.74, 6) is -1.01. The minimum Gasteiger partial charge on any atom is -0.393 e. The van der Waals surface area contributed by atoms with Crippen molar-refractivity contribution in [2.24, 2.45) is 5.92 Å². The quantitative estimate of drug-likeness (QED) is 0.709. The van der Waals surface area contributed by atoms with Gasteiger partial charge in [-0.15, -0.1) is 0 Å². The maximum atomic E-state index is 12.2. The molecule has 2 amide bonds. The molecule has 0 unspecified atom stereocenters. The predicted molar refractivity (Wildman–Crippen MR) is 107 cm³/mol. The van der Waals surface area contributed by atoms with Crippen LogP contribution in [0, 0.1) is 5.92 Å². The highest BCUT2D eigenvalue weighted by Gasteiger charge is 2.22. The van der Waals surface area contributed by atoms with Crippen molar-refractivity contribution in [3.05, 3.63) is 24.3 Å². The summed E-state index contributed by atoms with van der Waals surface area (Å²) in [4.78, 5) is 26.7. The molecule has 148 valence electrons. The average Bonchev–Trinajstić information content (AvgIpc) is 2.96. The number of carbonyl (C=O) groups excluding carboxylic acids is 2. The maximum Gasteiger partial charge on any atom is 0.313 e. The zero-order valence-corrected chi connectivity index (χ0v) is 16.0. The van der Waals surface area contributed by atoms with Gasteiger partial charge in [-0.3, -0.25) is 9.59 Å². The largest absolute Gasteiger partial charge is 0.393 e. The summed E-state index contributed by atoms with van der Waals surface area (Å²) in [6.07, 6.45) is 8.11. The fourth-order valence-corrected chi connectivity index (χ4v) is 4.06. The van der Waals surface area contributed by atoms with E-state index in [-0.39, 0.29) is 12.0 Å². The first-order chi connectivity index (χ1) is 13.1. The molecule has 1 heterocycles. The topological polar surface area (TPSA) is 81.7 Å². The van der Waals surface area contributed by atoms with Gasteiger partial charge in [-0.05, 0) is 56.2 Å². The molecule has 0 spiro atoms. The third kappa shape index (κ3) is 5.96. The predicted octanol–water partition coefficient (Wildman–Crippen LogP) is 2.67. The average molecular weight is 373 g/mol. The number of rotatable bonds is 4. The van der Waals surface area contributed by atoms with E-state index in [1.807, 2.05) is 18.2 Å². The molecule has 1 aliphatic heterocycles. The van der Waals surface area contributed by atoms with Crippen LogP contribution in [0.15, 0.2) is 24.3 Å². The van der Waals surface area contributed by atoms with Gasteiger partial charge in [0.15, 0.2) is 0 Å². The number of nitrogens with zero attached hydrogens (tertiary/aromatic N) is 1. The molecule has 1 saturated carbocycles. The number of hydrogen-bond acceptors (Lipinski definition) is 4. The van der Waals surface area contributed by atoms with Crippen LogP contribution in [0.2, 0.25) is 0 Å². The van der Waals surface area contributed by atoms with Crippen LogP contribution in [0.5, 0.6) is 0 Å². The molecule has 1 saturated heterocycles. The van der Waals surface area contributed by atoms with E-state index in [2.05, 4.69) is 21.6 Å². The van der Waals surface area contributed by atoms with Crippen LogP contribution < -0.4 is 15.5 Å². The van der Waals surface area contributed by atoms with Gasteiger partial charge < -0.3 is 20.6 Å².